The van der Waals surface area contributed by atoms with Crippen LogP contribution in [-0.2, 0) is 6.54 Å². The fourth-order valence-corrected chi connectivity index (χ4v) is 2.07. The normalized spacial score (nSPS) is 10.7. The monoisotopic (exact) mass is 304 g/mol. The van der Waals surface area contributed by atoms with Crippen molar-refractivity contribution in [2.75, 3.05) is 20.2 Å². The largest absolute Gasteiger partial charge is 0.485 e. The molecule has 0 N–H and O–H groups in total. The highest BCUT2D eigenvalue weighted by Crippen LogP contribution is 2.25. The Morgan fingerprint density at radius 1 is 1.23 bits per heavy atom. The number of nitrogens with zero attached hydrogens (tertiary/aromatic N) is 2. The fraction of sp³-hybridized carbons (Fsp3) is 0.250. The second-order valence-electron chi connectivity index (χ2n) is 4.94. The number of nitro groups is 1. The molecule has 0 unspecified atom stereocenters. The van der Waals surface area contributed by atoms with Crippen molar-refractivity contribution in [3.05, 3.63) is 70.0 Å². The summed E-state index contributed by atoms with van der Waals surface area (Å²) in [7, 11) is 1.88. The van der Waals surface area contributed by atoms with E-state index < -0.39 is 4.92 Å². The summed E-state index contributed by atoms with van der Waals surface area (Å²) in [4.78, 5) is 12.4. The zero-order valence-corrected chi connectivity index (χ0v) is 12.2. The van der Waals surface area contributed by atoms with Crippen LogP contribution in [0.1, 0.15) is 5.56 Å². The van der Waals surface area contributed by atoms with Gasteiger partial charge in [0.05, 0.1) is 4.92 Å². The predicted octanol–water partition coefficient (Wildman–Crippen LogP) is 3.24. The standard InChI is InChI=1S/C16H17FN2O3/c1-18(12-13-5-4-6-14(17)11-13)9-10-22-16-8-3-2-7-15(16)19(20)21/h2-8,11H,9-10,12H2,1H3. The van der Waals surface area contributed by atoms with Crippen molar-refractivity contribution in [1.82, 2.24) is 4.90 Å². The third-order valence-electron chi connectivity index (χ3n) is 3.13. The highest BCUT2D eigenvalue weighted by atomic mass is 19.1. The molecule has 0 atom stereocenters. The molecule has 0 spiro atoms. The lowest BCUT2D eigenvalue weighted by Crippen LogP contribution is -2.24. The maximum atomic E-state index is 13.1. The number of halogens is 1. The molecule has 0 saturated carbocycles. The number of rotatable bonds is 7. The first-order valence-corrected chi connectivity index (χ1v) is 6.85. The molecule has 0 radical (unpaired) electrons. The van der Waals surface area contributed by atoms with E-state index in [0.29, 0.717) is 19.7 Å². The molecule has 0 saturated heterocycles. The van der Waals surface area contributed by atoms with Crippen LogP contribution in [-0.4, -0.2) is 30.0 Å². The minimum absolute atomic E-state index is 0.0460. The Bertz CT molecular complexity index is 649. The number of ether oxygens (including phenoxy) is 1. The number of hydrogen-bond acceptors (Lipinski definition) is 4. The van der Waals surface area contributed by atoms with Crippen LogP contribution in [0.4, 0.5) is 10.1 Å². The lowest BCUT2D eigenvalue weighted by Gasteiger charge is -2.17. The van der Waals surface area contributed by atoms with Gasteiger partial charge in [0.15, 0.2) is 5.75 Å². The minimum atomic E-state index is -0.466. The molecule has 2 rings (SSSR count). The minimum Gasteiger partial charge on any atom is -0.485 e. The van der Waals surface area contributed by atoms with Gasteiger partial charge in [-0.15, -0.1) is 0 Å². The Morgan fingerprint density at radius 2 is 2.00 bits per heavy atom. The molecule has 2 aromatic rings. The van der Waals surface area contributed by atoms with E-state index in [0.717, 1.165) is 5.56 Å². The molecule has 0 bridgehead atoms. The van der Waals surface area contributed by atoms with Crippen LogP contribution in [0, 0.1) is 15.9 Å². The average molecular weight is 304 g/mol. The number of para-hydroxylation sites is 2. The van der Waals surface area contributed by atoms with Gasteiger partial charge < -0.3 is 4.74 Å². The summed E-state index contributed by atoms with van der Waals surface area (Å²) < 4.78 is 18.6. The van der Waals surface area contributed by atoms with Gasteiger partial charge in [0.2, 0.25) is 0 Å². The van der Waals surface area contributed by atoms with Crippen molar-refractivity contribution in [2.24, 2.45) is 0 Å². The Morgan fingerprint density at radius 3 is 2.73 bits per heavy atom. The van der Waals surface area contributed by atoms with Crippen LogP contribution in [0.5, 0.6) is 5.75 Å². The highest BCUT2D eigenvalue weighted by molar-refractivity contribution is 5.45. The van der Waals surface area contributed by atoms with Crippen LogP contribution < -0.4 is 4.74 Å². The maximum absolute atomic E-state index is 13.1. The Labute approximate surface area is 128 Å². The third-order valence-corrected chi connectivity index (χ3v) is 3.13. The lowest BCUT2D eigenvalue weighted by molar-refractivity contribution is -0.385. The lowest BCUT2D eigenvalue weighted by atomic mass is 10.2. The van der Waals surface area contributed by atoms with Crippen molar-refractivity contribution in [3.8, 4) is 5.75 Å². The van der Waals surface area contributed by atoms with Crippen LogP contribution in [0.2, 0.25) is 0 Å². The Balaban J connectivity index is 1.85. The van der Waals surface area contributed by atoms with E-state index in [1.807, 2.05) is 18.0 Å². The summed E-state index contributed by atoms with van der Waals surface area (Å²) >= 11 is 0. The molecule has 116 valence electrons. The van der Waals surface area contributed by atoms with Gasteiger partial charge in [-0.2, -0.15) is 0 Å². The smallest absolute Gasteiger partial charge is 0.310 e. The summed E-state index contributed by atoms with van der Waals surface area (Å²) in [5.74, 6) is -0.00582. The zero-order chi connectivity index (χ0) is 15.9. The van der Waals surface area contributed by atoms with Gasteiger partial charge in [0, 0.05) is 19.2 Å². The SMILES string of the molecule is CN(CCOc1ccccc1[N+](=O)[O-])Cc1cccc(F)c1. The molecule has 0 aliphatic rings. The topological polar surface area (TPSA) is 55.6 Å². The Kier molecular flexibility index (Phi) is 5.43. The van der Waals surface area contributed by atoms with Gasteiger partial charge in [0.25, 0.3) is 0 Å². The number of likely N-dealkylation sites (N-methyl/N-ethyl adjacent to an activating group) is 1. The molecule has 0 aromatic heterocycles. The first kappa shape index (κ1) is 15.9. The van der Waals surface area contributed by atoms with Crippen LogP contribution in [0.15, 0.2) is 48.5 Å². The average Bonchev–Trinajstić information content (AvgIpc) is 2.47. The summed E-state index contributed by atoms with van der Waals surface area (Å²) in [5, 5.41) is 10.9. The van der Waals surface area contributed by atoms with Crippen LogP contribution in [0.3, 0.4) is 0 Å². The van der Waals surface area contributed by atoms with Crippen molar-refractivity contribution < 1.29 is 14.1 Å². The molecule has 6 heteroatoms. The molecule has 0 fully saturated rings. The first-order chi connectivity index (χ1) is 10.6. The van der Waals surface area contributed by atoms with E-state index in [1.54, 1.807) is 24.3 Å². The number of nitro benzene ring substituents is 1. The van der Waals surface area contributed by atoms with Gasteiger partial charge in [-0.25, -0.2) is 4.39 Å². The van der Waals surface area contributed by atoms with E-state index in [9.17, 15) is 14.5 Å². The van der Waals surface area contributed by atoms with Crippen LogP contribution in [0.25, 0.3) is 0 Å². The zero-order valence-electron chi connectivity index (χ0n) is 12.2. The quantitative estimate of drug-likeness (QED) is 0.582. The molecule has 2 aromatic carbocycles. The molecule has 0 amide bonds. The highest BCUT2D eigenvalue weighted by Gasteiger charge is 2.13. The summed E-state index contributed by atoms with van der Waals surface area (Å²) in [5.41, 5.74) is 0.823. The van der Waals surface area contributed by atoms with Crippen molar-refractivity contribution in [3.63, 3.8) is 0 Å². The molecular weight excluding hydrogens is 287 g/mol. The number of benzene rings is 2. The third kappa shape index (κ3) is 4.53. The fourth-order valence-electron chi connectivity index (χ4n) is 2.07. The van der Waals surface area contributed by atoms with Crippen molar-refractivity contribution in [2.45, 2.75) is 6.54 Å². The van der Waals surface area contributed by atoms with E-state index in [1.165, 1.54) is 18.2 Å². The Hall–Kier alpha value is -2.47. The van der Waals surface area contributed by atoms with Crippen molar-refractivity contribution in [1.29, 1.82) is 0 Å². The molecule has 0 heterocycles. The second kappa shape index (κ2) is 7.51. The van der Waals surface area contributed by atoms with E-state index in [4.69, 9.17) is 4.74 Å². The van der Waals surface area contributed by atoms with Gasteiger partial charge in [-0.1, -0.05) is 24.3 Å². The van der Waals surface area contributed by atoms with E-state index in [-0.39, 0.29) is 17.3 Å². The predicted molar refractivity (Wildman–Crippen MR) is 81.3 cm³/mol. The summed E-state index contributed by atoms with van der Waals surface area (Å²) in [6, 6.07) is 12.7. The van der Waals surface area contributed by atoms with Gasteiger partial charge in [-0.05, 0) is 30.8 Å². The molecular formula is C16H17FN2O3. The van der Waals surface area contributed by atoms with Gasteiger partial charge >= 0.3 is 5.69 Å². The first-order valence-electron chi connectivity index (χ1n) is 6.85. The summed E-state index contributed by atoms with van der Waals surface area (Å²) in [6.07, 6.45) is 0. The maximum Gasteiger partial charge on any atom is 0.310 e. The summed E-state index contributed by atoms with van der Waals surface area (Å²) in [6.45, 7) is 1.47. The van der Waals surface area contributed by atoms with Gasteiger partial charge in [-0.3, -0.25) is 15.0 Å². The van der Waals surface area contributed by atoms with Gasteiger partial charge in [0.1, 0.15) is 12.4 Å². The molecule has 0 aliphatic carbocycles. The second-order valence-corrected chi connectivity index (χ2v) is 4.94. The molecule has 0 aliphatic heterocycles. The number of hydrogen-bond donors (Lipinski definition) is 0. The molecule has 5 nitrogen and oxygen atoms in total. The van der Waals surface area contributed by atoms with E-state index in [2.05, 4.69) is 0 Å². The molecule has 22 heavy (non-hydrogen) atoms. The van der Waals surface area contributed by atoms with Crippen molar-refractivity contribution >= 4 is 5.69 Å². The van der Waals surface area contributed by atoms with Crippen LogP contribution >= 0.6 is 0 Å². The van der Waals surface area contributed by atoms with E-state index >= 15 is 0 Å².